The first-order chi connectivity index (χ1) is 9.99. The summed E-state index contributed by atoms with van der Waals surface area (Å²) in [4.78, 5) is 11.8. The Labute approximate surface area is 124 Å². The topological polar surface area (TPSA) is 50.4 Å². The van der Waals surface area contributed by atoms with Gasteiger partial charge in [-0.3, -0.25) is 0 Å². The van der Waals surface area contributed by atoms with Crippen molar-refractivity contribution in [3.8, 4) is 5.75 Å². The smallest absolute Gasteiger partial charge is 0.323 e. The molecule has 110 valence electrons. The van der Waals surface area contributed by atoms with E-state index in [2.05, 4.69) is 10.6 Å². The van der Waals surface area contributed by atoms with Crippen molar-refractivity contribution in [2.75, 3.05) is 17.7 Å². The SMILES string of the molecule is COc1ccc(Cl)cc1NC(=O)Nc1ccc(F)cc1F. The van der Waals surface area contributed by atoms with E-state index in [1.807, 2.05) is 0 Å². The summed E-state index contributed by atoms with van der Waals surface area (Å²) in [6.07, 6.45) is 0. The number of urea groups is 1. The number of amides is 2. The first-order valence-corrected chi connectivity index (χ1v) is 6.24. The van der Waals surface area contributed by atoms with E-state index in [0.29, 0.717) is 22.5 Å². The van der Waals surface area contributed by atoms with Crippen molar-refractivity contribution in [1.29, 1.82) is 0 Å². The van der Waals surface area contributed by atoms with Gasteiger partial charge in [0.2, 0.25) is 0 Å². The van der Waals surface area contributed by atoms with Gasteiger partial charge in [0, 0.05) is 11.1 Å². The molecule has 0 heterocycles. The molecule has 2 amide bonds. The van der Waals surface area contributed by atoms with Crippen LogP contribution in [0.2, 0.25) is 5.02 Å². The third-order valence-corrected chi connectivity index (χ3v) is 2.82. The van der Waals surface area contributed by atoms with Crippen LogP contribution in [-0.4, -0.2) is 13.1 Å². The van der Waals surface area contributed by atoms with E-state index in [4.69, 9.17) is 16.3 Å². The van der Waals surface area contributed by atoms with E-state index in [1.165, 1.54) is 13.2 Å². The number of ether oxygens (including phenoxy) is 1. The van der Waals surface area contributed by atoms with E-state index < -0.39 is 17.7 Å². The lowest BCUT2D eigenvalue weighted by Crippen LogP contribution is -2.20. The maximum absolute atomic E-state index is 13.4. The molecule has 0 aromatic heterocycles. The van der Waals surface area contributed by atoms with Gasteiger partial charge in [-0.1, -0.05) is 11.6 Å². The van der Waals surface area contributed by atoms with E-state index >= 15 is 0 Å². The lowest BCUT2D eigenvalue weighted by atomic mass is 10.3. The molecule has 0 aliphatic heterocycles. The van der Waals surface area contributed by atoms with Gasteiger partial charge in [-0.2, -0.15) is 0 Å². The van der Waals surface area contributed by atoms with Crippen LogP contribution in [0.5, 0.6) is 5.75 Å². The van der Waals surface area contributed by atoms with Crippen LogP contribution in [0.4, 0.5) is 25.0 Å². The molecule has 0 bridgehead atoms. The number of halogens is 3. The number of hydrogen-bond donors (Lipinski definition) is 2. The fraction of sp³-hybridized carbons (Fsp3) is 0.0714. The van der Waals surface area contributed by atoms with Crippen molar-refractivity contribution in [3.63, 3.8) is 0 Å². The molecule has 4 nitrogen and oxygen atoms in total. The summed E-state index contributed by atoms with van der Waals surface area (Å²) in [6, 6.07) is 6.80. The van der Waals surface area contributed by atoms with Gasteiger partial charge in [0.05, 0.1) is 18.5 Å². The molecule has 0 spiro atoms. The van der Waals surface area contributed by atoms with Crippen molar-refractivity contribution in [1.82, 2.24) is 0 Å². The molecular formula is C14H11ClF2N2O2. The second-order valence-corrected chi connectivity index (χ2v) is 4.48. The van der Waals surface area contributed by atoms with Gasteiger partial charge in [-0.15, -0.1) is 0 Å². The van der Waals surface area contributed by atoms with Gasteiger partial charge in [-0.05, 0) is 30.3 Å². The van der Waals surface area contributed by atoms with Crippen LogP contribution in [0.15, 0.2) is 36.4 Å². The maximum atomic E-state index is 13.4. The highest BCUT2D eigenvalue weighted by Gasteiger charge is 2.11. The molecule has 21 heavy (non-hydrogen) atoms. The molecule has 0 radical (unpaired) electrons. The monoisotopic (exact) mass is 312 g/mol. The highest BCUT2D eigenvalue weighted by molar-refractivity contribution is 6.31. The third kappa shape index (κ3) is 3.82. The van der Waals surface area contributed by atoms with Crippen LogP contribution >= 0.6 is 11.6 Å². The summed E-state index contributed by atoms with van der Waals surface area (Å²) in [7, 11) is 1.44. The Balaban J connectivity index is 2.13. The summed E-state index contributed by atoms with van der Waals surface area (Å²) < 4.78 is 31.3. The van der Waals surface area contributed by atoms with Gasteiger partial charge in [0.25, 0.3) is 0 Å². The standard InChI is InChI=1S/C14H11ClF2N2O2/c1-21-13-5-2-8(15)6-12(13)19-14(20)18-11-4-3-9(16)7-10(11)17/h2-7H,1H3,(H2,18,19,20). The predicted octanol–water partition coefficient (Wildman–Crippen LogP) is 4.27. The highest BCUT2D eigenvalue weighted by atomic mass is 35.5. The molecule has 0 atom stereocenters. The van der Waals surface area contributed by atoms with Crippen LogP contribution in [0, 0.1) is 11.6 Å². The van der Waals surface area contributed by atoms with Crippen molar-refractivity contribution in [3.05, 3.63) is 53.1 Å². The fourth-order valence-electron chi connectivity index (χ4n) is 1.64. The molecule has 0 saturated heterocycles. The second-order valence-electron chi connectivity index (χ2n) is 4.05. The van der Waals surface area contributed by atoms with Gasteiger partial charge < -0.3 is 15.4 Å². The molecule has 0 aliphatic carbocycles. The molecule has 2 aromatic carbocycles. The number of methoxy groups -OCH3 is 1. The minimum Gasteiger partial charge on any atom is -0.495 e. The summed E-state index contributed by atoms with van der Waals surface area (Å²) in [6.45, 7) is 0. The largest absolute Gasteiger partial charge is 0.495 e. The first kappa shape index (κ1) is 15.1. The third-order valence-electron chi connectivity index (χ3n) is 2.59. The molecule has 0 unspecified atom stereocenters. The Morgan fingerprint density at radius 2 is 1.81 bits per heavy atom. The molecule has 7 heteroatoms. The van der Waals surface area contributed by atoms with Crippen molar-refractivity contribution in [2.45, 2.75) is 0 Å². The quantitative estimate of drug-likeness (QED) is 0.889. The van der Waals surface area contributed by atoms with Crippen LogP contribution in [0.3, 0.4) is 0 Å². The zero-order chi connectivity index (χ0) is 15.4. The van der Waals surface area contributed by atoms with E-state index in [9.17, 15) is 13.6 Å². The van der Waals surface area contributed by atoms with Crippen molar-refractivity contribution in [2.24, 2.45) is 0 Å². The van der Waals surface area contributed by atoms with Crippen molar-refractivity contribution >= 4 is 29.0 Å². The lowest BCUT2D eigenvalue weighted by Gasteiger charge is -2.12. The van der Waals surface area contributed by atoms with Gasteiger partial charge in [-0.25, -0.2) is 13.6 Å². The van der Waals surface area contributed by atoms with Crippen molar-refractivity contribution < 1.29 is 18.3 Å². The van der Waals surface area contributed by atoms with E-state index in [-0.39, 0.29) is 5.69 Å². The number of hydrogen-bond acceptors (Lipinski definition) is 2. The minimum absolute atomic E-state index is 0.144. The van der Waals surface area contributed by atoms with E-state index in [1.54, 1.807) is 12.1 Å². The molecule has 2 N–H and O–H groups in total. The summed E-state index contributed by atoms with van der Waals surface area (Å²) in [5.41, 5.74) is 0.180. The molecule has 0 aliphatic rings. The van der Waals surface area contributed by atoms with Gasteiger partial charge in [0.1, 0.15) is 17.4 Å². The molecule has 0 saturated carbocycles. The number of carbonyl (C=O) groups is 1. The zero-order valence-corrected chi connectivity index (χ0v) is 11.7. The van der Waals surface area contributed by atoms with Gasteiger partial charge in [0.15, 0.2) is 0 Å². The van der Waals surface area contributed by atoms with Crippen LogP contribution < -0.4 is 15.4 Å². The zero-order valence-electron chi connectivity index (χ0n) is 10.9. The normalized spacial score (nSPS) is 10.1. The Hall–Kier alpha value is -2.34. The Morgan fingerprint density at radius 1 is 1.10 bits per heavy atom. The van der Waals surface area contributed by atoms with Crippen LogP contribution in [-0.2, 0) is 0 Å². The molecule has 0 fully saturated rings. The van der Waals surface area contributed by atoms with Crippen LogP contribution in [0.1, 0.15) is 0 Å². The number of anilines is 2. The highest BCUT2D eigenvalue weighted by Crippen LogP contribution is 2.27. The number of rotatable bonds is 3. The average molecular weight is 313 g/mol. The predicted molar refractivity (Wildman–Crippen MR) is 77.0 cm³/mol. The fourth-order valence-corrected chi connectivity index (χ4v) is 1.82. The maximum Gasteiger partial charge on any atom is 0.323 e. The molecular weight excluding hydrogens is 302 g/mol. The average Bonchev–Trinajstić information content (AvgIpc) is 2.42. The summed E-state index contributed by atoms with van der Waals surface area (Å²) >= 11 is 5.83. The molecule has 2 rings (SSSR count). The molecule has 2 aromatic rings. The Kier molecular flexibility index (Phi) is 4.59. The first-order valence-electron chi connectivity index (χ1n) is 5.86. The van der Waals surface area contributed by atoms with Crippen LogP contribution in [0.25, 0.3) is 0 Å². The second kappa shape index (κ2) is 6.41. The lowest BCUT2D eigenvalue weighted by molar-refractivity contribution is 0.262. The van der Waals surface area contributed by atoms with Gasteiger partial charge >= 0.3 is 6.03 Å². The number of nitrogens with one attached hydrogen (secondary N) is 2. The number of carbonyl (C=O) groups excluding carboxylic acids is 1. The van der Waals surface area contributed by atoms with E-state index in [0.717, 1.165) is 12.1 Å². The minimum atomic E-state index is -0.872. The summed E-state index contributed by atoms with van der Waals surface area (Å²) in [5.74, 6) is -1.20. The summed E-state index contributed by atoms with van der Waals surface area (Å²) in [5, 5.41) is 5.14. The Bertz CT molecular complexity index is 680. The number of benzene rings is 2. The Morgan fingerprint density at radius 3 is 2.48 bits per heavy atom.